The van der Waals surface area contributed by atoms with Crippen LogP contribution < -0.4 is 14.8 Å². The van der Waals surface area contributed by atoms with Gasteiger partial charge in [0.1, 0.15) is 0 Å². The van der Waals surface area contributed by atoms with Crippen molar-refractivity contribution in [2.45, 2.75) is 20.0 Å². The van der Waals surface area contributed by atoms with Gasteiger partial charge in [0, 0.05) is 30.9 Å². The topological polar surface area (TPSA) is 111 Å². The molecule has 9 heteroatoms. The van der Waals surface area contributed by atoms with Gasteiger partial charge in [-0.15, -0.1) is 0 Å². The molecule has 1 rings (SSSR count). The number of hydrogen-bond donors (Lipinski definition) is 2. The van der Waals surface area contributed by atoms with Crippen LogP contribution in [-0.4, -0.2) is 38.8 Å². The first-order valence-electron chi connectivity index (χ1n) is 6.32. The van der Waals surface area contributed by atoms with Crippen LogP contribution in [0.4, 0.5) is 11.4 Å². The molecule has 0 spiro atoms. The lowest BCUT2D eigenvalue weighted by molar-refractivity contribution is -0.386. The van der Waals surface area contributed by atoms with Crippen LogP contribution in [-0.2, 0) is 10.0 Å². The molecule has 1 aromatic rings. The summed E-state index contributed by atoms with van der Waals surface area (Å²) >= 11 is 0. The van der Waals surface area contributed by atoms with E-state index in [9.17, 15) is 18.5 Å². The van der Waals surface area contributed by atoms with Crippen molar-refractivity contribution < 1.29 is 18.1 Å². The first-order chi connectivity index (χ1) is 9.69. The fourth-order valence-electron chi connectivity index (χ4n) is 1.57. The number of anilines is 1. The number of hydrogen-bond acceptors (Lipinski definition) is 6. The standard InChI is InChI=1S/C12H19N3O5S/c1-9(2)20-12-8-10(4-5-11(12)15(16)17)13-6-7-14-21(3,18)19/h4-5,8-9,13-14H,6-7H2,1-3H3. The highest BCUT2D eigenvalue weighted by Gasteiger charge is 2.16. The predicted molar refractivity (Wildman–Crippen MR) is 80.2 cm³/mol. The summed E-state index contributed by atoms with van der Waals surface area (Å²) in [7, 11) is -3.22. The first-order valence-corrected chi connectivity index (χ1v) is 8.22. The van der Waals surface area contributed by atoms with Crippen molar-refractivity contribution in [1.29, 1.82) is 0 Å². The monoisotopic (exact) mass is 317 g/mol. The molecule has 0 aromatic heterocycles. The Morgan fingerprint density at radius 1 is 1.33 bits per heavy atom. The van der Waals surface area contributed by atoms with Crippen molar-refractivity contribution in [1.82, 2.24) is 4.72 Å². The van der Waals surface area contributed by atoms with Crippen molar-refractivity contribution in [3.05, 3.63) is 28.3 Å². The first kappa shape index (κ1) is 17.2. The van der Waals surface area contributed by atoms with Gasteiger partial charge in [0.05, 0.1) is 17.3 Å². The average Bonchev–Trinajstić information content (AvgIpc) is 2.32. The van der Waals surface area contributed by atoms with Crippen molar-refractivity contribution in [2.24, 2.45) is 0 Å². The summed E-state index contributed by atoms with van der Waals surface area (Å²) in [6, 6.07) is 4.42. The molecule has 0 aliphatic heterocycles. The molecular weight excluding hydrogens is 298 g/mol. The summed E-state index contributed by atoms with van der Waals surface area (Å²) < 4.78 is 29.6. The minimum absolute atomic E-state index is 0.108. The number of sulfonamides is 1. The quantitative estimate of drug-likeness (QED) is 0.425. The molecular formula is C12H19N3O5S. The molecule has 0 saturated heterocycles. The molecule has 0 heterocycles. The third kappa shape index (κ3) is 6.41. The zero-order valence-corrected chi connectivity index (χ0v) is 12.9. The maximum absolute atomic E-state index is 10.9. The van der Waals surface area contributed by atoms with Crippen LogP contribution >= 0.6 is 0 Å². The van der Waals surface area contributed by atoms with Gasteiger partial charge in [-0.05, 0) is 19.9 Å². The highest BCUT2D eigenvalue weighted by Crippen LogP contribution is 2.30. The van der Waals surface area contributed by atoms with Crippen molar-refractivity contribution in [3.63, 3.8) is 0 Å². The highest BCUT2D eigenvalue weighted by atomic mass is 32.2. The summed E-state index contributed by atoms with van der Waals surface area (Å²) in [5.74, 6) is 0.177. The number of nitrogens with one attached hydrogen (secondary N) is 2. The number of ether oxygens (including phenoxy) is 1. The molecule has 2 N–H and O–H groups in total. The Morgan fingerprint density at radius 2 is 2.00 bits per heavy atom. The molecule has 0 atom stereocenters. The smallest absolute Gasteiger partial charge is 0.311 e. The van der Waals surface area contributed by atoms with E-state index in [2.05, 4.69) is 10.0 Å². The molecule has 0 amide bonds. The fraction of sp³-hybridized carbons (Fsp3) is 0.500. The SMILES string of the molecule is CC(C)Oc1cc(NCCNS(C)(=O)=O)ccc1[N+](=O)[O-]. The van der Waals surface area contributed by atoms with E-state index >= 15 is 0 Å². The van der Waals surface area contributed by atoms with Gasteiger partial charge < -0.3 is 10.1 Å². The fourth-order valence-corrected chi connectivity index (χ4v) is 2.04. The van der Waals surface area contributed by atoms with E-state index in [1.54, 1.807) is 19.9 Å². The van der Waals surface area contributed by atoms with Crippen LogP contribution in [0.2, 0.25) is 0 Å². The van der Waals surface area contributed by atoms with Gasteiger partial charge in [0.15, 0.2) is 5.75 Å². The molecule has 0 unspecified atom stereocenters. The minimum atomic E-state index is -3.22. The molecule has 0 bridgehead atoms. The van der Waals surface area contributed by atoms with E-state index in [0.717, 1.165) is 6.26 Å². The van der Waals surface area contributed by atoms with E-state index in [1.807, 2.05) is 0 Å². The summed E-state index contributed by atoms with van der Waals surface area (Å²) in [6.07, 6.45) is 0.888. The van der Waals surface area contributed by atoms with Crippen LogP contribution in [0.3, 0.4) is 0 Å². The molecule has 118 valence electrons. The summed E-state index contributed by atoms with van der Waals surface area (Å²) in [4.78, 5) is 10.4. The Kier molecular flexibility index (Phi) is 5.91. The molecule has 0 aliphatic rings. The maximum atomic E-state index is 10.9. The van der Waals surface area contributed by atoms with E-state index < -0.39 is 14.9 Å². The second-order valence-corrected chi connectivity index (χ2v) is 6.53. The van der Waals surface area contributed by atoms with Crippen LogP contribution in [0.5, 0.6) is 5.75 Å². The second-order valence-electron chi connectivity index (χ2n) is 4.70. The third-order valence-corrected chi connectivity index (χ3v) is 3.07. The van der Waals surface area contributed by atoms with Gasteiger partial charge in [-0.2, -0.15) is 0 Å². The molecule has 1 aromatic carbocycles. The van der Waals surface area contributed by atoms with Crippen LogP contribution in [0.25, 0.3) is 0 Å². The molecule has 0 fully saturated rings. The van der Waals surface area contributed by atoms with Crippen LogP contribution in [0.1, 0.15) is 13.8 Å². The van der Waals surface area contributed by atoms with Crippen LogP contribution in [0.15, 0.2) is 18.2 Å². The zero-order chi connectivity index (χ0) is 16.0. The van der Waals surface area contributed by atoms with E-state index in [0.29, 0.717) is 12.2 Å². The Bertz CT molecular complexity index is 601. The predicted octanol–water partition coefficient (Wildman–Crippen LogP) is 1.34. The molecule has 0 radical (unpaired) electrons. The zero-order valence-electron chi connectivity index (χ0n) is 12.1. The summed E-state index contributed by atoms with van der Waals surface area (Å²) in [5, 5.41) is 13.9. The van der Waals surface area contributed by atoms with Crippen molar-refractivity contribution in [3.8, 4) is 5.75 Å². The normalized spacial score (nSPS) is 11.4. The lowest BCUT2D eigenvalue weighted by Gasteiger charge is -2.12. The molecule has 0 aliphatic carbocycles. The number of rotatable bonds is 8. The molecule has 21 heavy (non-hydrogen) atoms. The Hall–Kier alpha value is -1.87. The van der Waals surface area contributed by atoms with Gasteiger partial charge in [-0.1, -0.05) is 0 Å². The third-order valence-electron chi connectivity index (χ3n) is 2.34. The average molecular weight is 317 g/mol. The highest BCUT2D eigenvalue weighted by molar-refractivity contribution is 7.88. The van der Waals surface area contributed by atoms with Gasteiger partial charge in [0.25, 0.3) is 0 Å². The van der Waals surface area contributed by atoms with E-state index in [4.69, 9.17) is 4.74 Å². The largest absolute Gasteiger partial charge is 0.484 e. The van der Waals surface area contributed by atoms with E-state index in [1.165, 1.54) is 12.1 Å². The maximum Gasteiger partial charge on any atom is 0.311 e. The van der Waals surface area contributed by atoms with Crippen LogP contribution in [0, 0.1) is 10.1 Å². The number of nitro groups is 1. The minimum Gasteiger partial charge on any atom is -0.484 e. The second kappa shape index (κ2) is 7.23. The molecule has 8 nitrogen and oxygen atoms in total. The Morgan fingerprint density at radius 3 is 2.52 bits per heavy atom. The Balaban J connectivity index is 2.73. The van der Waals surface area contributed by atoms with Gasteiger partial charge in [-0.3, -0.25) is 10.1 Å². The Labute approximate surface area is 123 Å². The summed E-state index contributed by atoms with van der Waals surface area (Å²) in [5.41, 5.74) is 0.509. The summed E-state index contributed by atoms with van der Waals surface area (Å²) in [6.45, 7) is 4.13. The van der Waals surface area contributed by atoms with Gasteiger partial charge in [0.2, 0.25) is 10.0 Å². The van der Waals surface area contributed by atoms with Crippen molar-refractivity contribution in [2.75, 3.05) is 24.7 Å². The number of nitrogens with zero attached hydrogens (tertiary/aromatic N) is 1. The lowest BCUT2D eigenvalue weighted by Crippen LogP contribution is -2.27. The van der Waals surface area contributed by atoms with Gasteiger partial charge in [-0.25, -0.2) is 13.1 Å². The number of benzene rings is 1. The van der Waals surface area contributed by atoms with Gasteiger partial charge >= 0.3 is 5.69 Å². The van der Waals surface area contributed by atoms with E-state index in [-0.39, 0.29) is 24.1 Å². The lowest BCUT2D eigenvalue weighted by atomic mass is 10.2. The number of nitro benzene ring substituents is 1. The van der Waals surface area contributed by atoms with Crippen molar-refractivity contribution >= 4 is 21.4 Å². The molecule has 0 saturated carbocycles.